The first-order valence-electron chi connectivity index (χ1n) is 5.28. The van der Waals surface area contributed by atoms with E-state index in [1.807, 2.05) is 13.1 Å². The molecule has 0 bridgehead atoms. The number of hydrogen-bond donors (Lipinski definition) is 1. The fraction of sp³-hybridized carbons (Fsp3) is 0.545. The zero-order valence-electron chi connectivity index (χ0n) is 9.19. The number of anilines is 1. The van der Waals surface area contributed by atoms with Crippen LogP contribution < -0.4 is 4.90 Å². The van der Waals surface area contributed by atoms with Crippen LogP contribution in [0, 0.1) is 0 Å². The lowest BCUT2D eigenvalue weighted by Gasteiger charge is -2.26. The first-order valence-corrected chi connectivity index (χ1v) is 6.07. The van der Waals surface area contributed by atoms with Gasteiger partial charge in [-0.25, -0.2) is 4.98 Å². The van der Waals surface area contributed by atoms with Gasteiger partial charge in [-0.1, -0.05) is 0 Å². The van der Waals surface area contributed by atoms with Gasteiger partial charge in [0.15, 0.2) is 0 Å². The number of aromatic nitrogens is 1. The number of halogens is 1. The molecule has 1 atom stereocenters. The van der Waals surface area contributed by atoms with Crippen LogP contribution >= 0.6 is 15.9 Å². The van der Waals surface area contributed by atoms with Gasteiger partial charge in [0, 0.05) is 29.9 Å². The molecular weight excluding hydrogens is 272 g/mol. The molecule has 1 aromatic rings. The number of ether oxygens (including phenoxy) is 1. The summed E-state index contributed by atoms with van der Waals surface area (Å²) < 4.78 is 6.24. The normalized spacial score (nSPS) is 20.1. The highest BCUT2D eigenvalue weighted by atomic mass is 79.9. The highest BCUT2D eigenvalue weighted by Crippen LogP contribution is 2.24. The van der Waals surface area contributed by atoms with Gasteiger partial charge in [-0.15, -0.1) is 0 Å². The SMILES string of the molecule is CN(c1ncc(Br)cc1CO)C1CCOC1. The Morgan fingerprint density at radius 2 is 2.50 bits per heavy atom. The van der Waals surface area contributed by atoms with Crippen LogP contribution in [0.25, 0.3) is 0 Å². The summed E-state index contributed by atoms with van der Waals surface area (Å²) >= 11 is 3.35. The molecule has 1 fully saturated rings. The summed E-state index contributed by atoms with van der Waals surface area (Å²) in [6.45, 7) is 1.54. The second-order valence-corrected chi connectivity index (χ2v) is 4.84. The minimum absolute atomic E-state index is 0.000307. The van der Waals surface area contributed by atoms with E-state index < -0.39 is 0 Å². The molecule has 5 heteroatoms. The van der Waals surface area contributed by atoms with E-state index >= 15 is 0 Å². The molecule has 2 rings (SSSR count). The molecule has 1 saturated heterocycles. The molecule has 1 aliphatic rings. The first kappa shape index (κ1) is 11.8. The zero-order chi connectivity index (χ0) is 11.5. The van der Waals surface area contributed by atoms with Crippen molar-refractivity contribution in [2.45, 2.75) is 19.1 Å². The van der Waals surface area contributed by atoms with E-state index in [1.54, 1.807) is 6.20 Å². The van der Waals surface area contributed by atoms with Gasteiger partial charge in [0.25, 0.3) is 0 Å². The highest BCUT2D eigenvalue weighted by Gasteiger charge is 2.22. The van der Waals surface area contributed by atoms with Crippen LogP contribution in [0.1, 0.15) is 12.0 Å². The Morgan fingerprint density at radius 1 is 1.69 bits per heavy atom. The minimum atomic E-state index is -0.000307. The van der Waals surface area contributed by atoms with Crippen molar-refractivity contribution in [3.63, 3.8) is 0 Å². The van der Waals surface area contributed by atoms with Crippen molar-refractivity contribution >= 4 is 21.7 Å². The molecule has 16 heavy (non-hydrogen) atoms. The molecule has 4 nitrogen and oxygen atoms in total. The van der Waals surface area contributed by atoms with Gasteiger partial charge in [-0.3, -0.25) is 0 Å². The van der Waals surface area contributed by atoms with Crippen LogP contribution in [-0.4, -0.2) is 36.4 Å². The summed E-state index contributed by atoms with van der Waals surface area (Å²) in [5, 5.41) is 9.32. The maximum Gasteiger partial charge on any atom is 0.134 e. The van der Waals surface area contributed by atoms with Crippen molar-refractivity contribution < 1.29 is 9.84 Å². The van der Waals surface area contributed by atoms with Crippen molar-refractivity contribution in [1.82, 2.24) is 4.98 Å². The van der Waals surface area contributed by atoms with Crippen molar-refractivity contribution in [2.24, 2.45) is 0 Å². The molecule has 0 radical (unpaired) electrons. The van der Waals surface area contributed by atoms with Gasteiger partial charge in [0.05, 0.1) is 19.3 Å². The molecule has 1 unspecified atom stereocenters. The maximum absolute atomic E-state index is 9.32. The number of aliphatic hydroxyl groups excluding tert-OH is 1. The number of likely N-dealkylation sites (N-methyl/N-ethyl adjacent to an activating group) is 1. The summed E-state index contributed by atoms with van der Waals surface area (Å²) in [7, 11) is 1.99. The third-order valence-corrected chi connectivity index (χ3v) is 3.30. The molecule has 0 saturated carbocycles. The quantitative estimate of drug-likeness (QED) is 0.916. The Kier molecular flexibility index (Phi) is 3.78. The van der Waals surface area contributed by atoms with Gasteiger partial charge in [-0.2, -0.15) is 0 Å². The standard InChI is InChI=1S/C11H15BrN2O2/c1-14(10-2-3-16-7-10)11-8(6-15)4-9(12)5-13-11/h4-5,10,15H,2-3,6-7H2,1H3. The summed E-state index contributed by atoms with van der Waals surface area (Å²) in [4.78, 5) is 6.45. The average molecular weight is 287 g/mol. The van der Waals surface area contributed by atoms with E-state index in [2.05, 4.69) is 25.8 Å². The second-order valence-electron chi connectivity index (χ2n) is 3.92. The Bertz CT molecular complexity index is 367. The van der Waals surface area contributed by atoms with Gasteiger partial charge >= 0.3 is 0 Å². The van der Waals surface area contributed by atoms with E-state index in [9.17, 15) is 5.11 Å². The van der Waals surface area contributed by atoms with Crippen LogP contribution in [-0.2, 0) is 11.3 Å². The molecule has 0 spiro atoms. The fourth-order valence-electron chi connectivity index (χ4n) is 1.91. The van der Waals surface area contributed by atoms with Crippen molar-refractivity contribution in [3.8, 4) is 0 Å². The average Bonchev–Trinajstić information content (AvgIpc) is 2.81. The first-order chi connectivity index (χ1) is 7.72. The number of nitrogens with zero attached hydrogens (tertiary/aromatic N) is 2. The molecule has 0 aromatic carbocycles. The topological polar surface area (TPSA) is 45.6 Å². The molecule has 0 aliphatic carbocycles. The number of rotatable bonds is 3. The van der Waals surface area contributed by atoms with Crippen LogP contribution in [0.5, 0.6) is 0 Å². The van der Waals surface area contributed by atoms with Crippen molar-refractivity contribution in [3.05, 3.63) is 22.3 Å². The van der Waals surface area contributed by atoms with E-state index in [-0.39, 0.29) is 6.61 Å². The molecule has 1 aromatic heterocycles. The number of pyridine rings is 1. The summed E-state index contributed by atoms with van der Waals surface area (Å²) in [5.41, 5.74) is 0.837. The van der Waals surface area contributed by atoms with Crippen molar-refractivity contribution in [2.75, 3.05) is 25.2 Å². The summed E-state index contributed by atoms with van der Waals surface area (Å²) in [5.74, 6) is 0.834. The summed E-state index contributed by atoms with van der Waals surface area (Å²) in [6.07, 6.45) is 2.76. The lowest BCUT2D eigenvalue weighted by atomic mass is 10.2. The van der Waals surface area contributed by atoms with E-state index in [4.69, 9.17) is 4.74 Å². The monoisotopic (exact) mass is 286 g/mol. The Morgan fingerprint density at radius 3 is 3.12 bits per heavy atom. The molecule has 1 N–H and O–H groups in total. The van der Waals surface area contributed by atoms with E-state index in [0.29, 0.717) is 6.04 Å². The molecule has 0 amide bonds. The number of aliphatic hydroxyl groups is 1. The molecular formula is C11H15BrN2O2. The predicted octanol–water partition coefficient (Wildman–Crippen LogP) is 1.56. The summed E-state index contributed by atoms with van der Waals surface area (Å²) in [6, 6.07) is 2.26. The lowest BCUT2D eigenvalue weighted by Crippen LogP contribution is -2.33. The second kappa shape index (κ2) is 5.12. The van der Waals surface area contributed by atoms with Gasteiger partial charge in [-0.05, 0) is 28.4 Å². The zero-order valence-corrected chi connectivity index (χ0v) is 10.8. The number of hydrogen-bond acceptors (Lipinski definition) is 4. The molecule has 1 aliphatic heterocycles. The maximum atomic E-state index is 9.32. The van der Waals surface area contributed by atoms with Gasteiger partial charge in [0.2, 0.25) is 0 Å². The Hall–Kier alpha value is -0.650. The van der Waals surface area contributed by atoms with Crippen LogP contribution in [0.4, 0.5) is 5.82 Å². The van der Waals surface area contributed by atoms with E-state index in [1.165, 1.54) is 0 Å². The third kappa shape index (κ3) is 2.36. The Balaban J connectivity index is 2.24. The fourth-order valence-corrected chi connectivity index (χ4v) is 2.29. The highest BCUT2D eigenvalue weighted by molar-refractivity contribution is 9.10. The predicted molar refractivity (Wildman–Crippen MR) is 65.5 cm³/mol. The minimum Gasteiger partial charge on any atom is -0.392 e. The smallest absolute Gasteiger partial charge is 0.134 e. The Labute approximate surface area is 103 Å². The van der Waals surface area contributed by atoms with Gasteiger partial charge in [0.1, 0.15) is 5.82 Å². The van der Waals surface area contributed by atoms with E-state index in [0.717, 1.165) is 35.5 Å². The lowest BCUT2D eigenvalue weighted by molar-refractivity contribution is 0.193. The molecule has 2 heterocycles. The largest absolute Gasteiger partial charge is 0.392 e. The van der Waals surface area contributed by atoms with Crippen LogP contribution in [0.2, 0.25) is 0 Å². The van der Waals surface area contributed by atoms with Crippen LogP contribution in [0.3, 0.4) is 0 Å². The molecule has 88 valence electrons. The third-order valence-electron chi connectivity index (χ3n) is 2.87. The van der Waals surface area contributed by atoms with Crippen LogP contribution in [0.15, 0.2) is 16.7 Å². The van der Waals surface area contributed by atoms with Crippen molar-refractivity contribution in [1.29, 1.82) is 0 Å². The van der Waals surface area contributed by atoms with Gasteiger partial charge < -0.3 is 14.7 Å².